The number of carbonyl (C=O) groups excluding carboxylic acids is 3. The summed E-state index contributed by atoms with van der Waals surface area (Å²) in [5, 5.41) is 4.62. The van der Waals surface area contributed by atoms with Crippen molar-refractivity contribution in [2.24, 2.45) is 0 Å². The van der Waals surface area contributed by atoms with E-state index < -0.39 is 30.6 Å². The van der Waals surface area contributed by atoms with E-state index in [1.807, 2.05) is 30.3 Å². The van der Waals surface area contributed by atoms with Crippen molar-refractivity contribution in [1.29, 1.82) is 0 Å². The standard InChI is InChI=1S/C19H18N2O6/c22-17(21-19(24)20-10-13-6-2-1-3-7-13)12-26-18(23)16-11-25-14-8-4-5-9-15(14)27-16/h1-9,16H,10-12H2,(H2,20,21,22,24). The van der Waals surface area contributed by atoms with E-state index >= 15 is 0 Å². The Bertz CT molecular complexity index is 824. The topological polar surface area (TPSA) is 103 Å². The Labute approximate surface area is 155 Å². The van der Waals surface area contributed by atoms with Crippen LogP contribution in [-0.4, -0.2) is 37.2 Å². The van der Waals surface area contributed by atoms with Crippen LogP contribution in [0.1, 0.15) is 5.56 Å². The maximum Gasteiger partial charge on any atom is 0.351 e. The van der Waals surface area contributed by atoms with Crippen molar-refractivity contribution in [1.82, 2.24) is 10.6 Å². The quantitative estimate of drug-likeness (QED) is 0.771. The molecule has 1 heterocycles. The van der Waals surface area contributed by atoms with E-state index in [1.165, 1.54) is 0 Å². The molecule has 2 aromatic rings. The summed E-state index contributed by atoms with van der Waals surface area (Å²) in [7, 11) is 0. The number of rotatable bonds is 5. The first-order valence-corrected chi connectivity index (χ1v) is 8.28. The molecule has 0 saturated heterocycles. The van der Waals surface area contributed by atoms with Gasteiger partial charge in [0.2, 0.25) is 6.10 Å². The van der Waals surface area contributed by atoms with E-state index in [2.05, 4.69) is 10.6 Å². The summed E-state index contributed by atoms with van der Waals surface area (Å²) in [6.07, 6.45) is -0.973. The molecule has 140 valence electrons. The zero-order valence-electron chi connectivity index (χ0n) is 14.3. The highest BCUT2D eigenvalue weighted by Gasteiger charge is 2.29. The summed E-state index contributed by atoms with van der Waals surface area (Å²) in [5.74, 6) is -0.528. The molecule has 1 aliphatic heterocycles. The highest BCUT2D eigenvalue weighted by atomic mass is 16.6. The number of amides is 3. The third-order valence-electron chi connectivity index (χ3n) is 3.67. The molecule has 8 heteroatoms. The number of para-hydroxylation sites is 2. The van der Waals surface area contributed by atoms with Gasteiger partial charge in [-0.25, -0.2) is 9.59 Å². The molecule has 0 aromatic heterocycles. The molecule has 0 fully saturated rings. The van der Waals surface area contributed by atoms with Crippen LogP contribution in [0.2, 0.25) is 0 Å². The summed E-state index contributed by atoms with van der Waals surface area (Å²) >= 11 is 0. The summed E-state index contributed by atoms with van der Waals surface area (Å²) in [4.78, 5) is 35.4. The molecule has 0 radical (unpaired) electrons. The van der Waals surface area contributed by atoms with E-state index in [0.29, 0.717) is 11.5 Å². The number of nitrogens with one attached hydrogen (secondary N) is 2. The average molecular weight is 370 g/mol. The van der Waals surface area contributed by atoms with Gasteiger partial charge in [-0.1, -0.05) is 42.5 Å². The normalized spacial score (nSPS) is 14.7. The Kier molecular flexibility index (Phi) is 5.88. The predicted octanol–water partition coefficient (Wildman–Crippen LogP) is 1.40. The van der Waals surface area contributed by atoms with E-state index in [1.54, 1.807) is 24.3 Å². The second-order valence-corrected chi connectivity index (χ2v) is 5.69. The Balaban J connectivity index is 1.38. The fourth-order valence-corrected chi connectivity index (χ4v) is 2.35. The summed E-state index contributed by atoms with van der Waals surface area (Å²) < 4.78 is 15.8. The Hall–Kier alpha value is -3.55. The van der Waals surface area contributed by atoms with Crippen molar-refractivity contribution in [2.45, 2.75) is 12.6 Å². The molecule has 0 saturated carbocycles. The molecule has 2 aromatic carbocycles. The molecule has 3 rings (SSSR count). The number of urea groups is 1. The van der Waals surface area contributed by atoms with Crippen LogP contribution in [0, 0.1) is 0 Å². The highest BCUT2D eigenvalue weighted by Crippen LogP contribution is 2.31. The third-order valence-corrected chi connectivity index (χ3v) is 3.67. The molecule has 0 aliphatic carbocycles. The number of imide groups is 1. The SMILES string of the molecule is O=C(COC(=O)C1COc2ccccc2O1)NC(=O)NCc1ccccc1. The monoisotopic (exact) mass is 370 g/mol. The predicted molar refractivity (Wildman–Crippen MR) is 94.1 cm³/mol. The molecule has 1 aliphatic rings. The lowest BCUT2D eigenvalue weighted by Crippen LogP contribution is -2.43. The van der Waals surface area contributed by atoms with Crippen molar-refractivity contribution < 1.29 is 28.6 Å². The van der Waals surface area contributed by atoms with Crippen LogP contribution >= 0.6 is 0 Å². The fourth-order valence-electron chi connectivity index (χ4n) is 2.35. The van der Waals surface area contributed by atoms with Gasteiger partial charge in [-0.15, -0.1) is 0 Å². The van der Waals surface area contributed by atoms with Crippen LogP contribution in [0.4, 0.5) is 4.79 Å². The second-order valence-electron chi connectivity index (χ2n) is 5.69. The summed E-state index contributed by atoms with van der Waals surface area (Å²) in [6, 6.07) is 15.5. The minimum absolute atomic E-state index is 0.0188. The minimum atomic E-state index is -0.973. The molecule has 8 nitrogen and oxygen atoms in total. The zero-order valence-corrected chi connectivity index (χ0v) is 14.3. The van der Waals surface area contributed by atoms with Crippen LogP contribution in [0.25, 0.3) is 0 Å². The Morgan fingerprint density at radius 2 is 1.70 bits per heavy atom. The molecule has 1 unspecified atom stereocenters. The van der Waals surface area contributed by atoms with E-state index in [9.17, 15) is 14.4 Å². The lowest BCUT2D eigenvalue weighted by atomic mass is 10.2. The van der Waals surface area contributed by atoms with Crippen molar-refractivity contribution in [3.05, 3.63) is 60.2 Å². The van der Waals surface area contributed by atoms with Crippen molar-refractivity contribution in [3.8, 4) is 11.5 Å². The number of fused-ring (bicyclic) bond motifs is 1. The Morgan fingerprint density at radius 1 is 1.00 bits per heavy atom. The molecule has 0 spiro atoms. The van der Waals surface area contributed by atoms with Crippen molar-refractivity contribution in [2.75, 3.05) is 13.2 Å². The van der Waals surface area contributed by atoms with Gasteiger partial charge in [0.1, 0.15) is 6.61 Å². The molecular formula is C19H18N2O6. The van der Waals surface area contributed by atoms with Crippen LogP contribution in [0.5, 0.6) is 11.5 Å². The Morgan fingerprint density at radius 3 is 2.48 bits per heavy atom. The van der Waals surface area contributed by atoms with Gasteiger partial charge in [0, 0.05) is 6.54 Å². The van der Waals surface area contributed by atoms with E-state index in [-0.39, 0.29) is 13.2 Å². The number of carbonyl (C=O) groups is 3. The number of hydrogen-bond donors (Lipinski definition) is 2. The molecular weight excluding hydrogens is 352 g/mol. The molecule has 2 N–H and O–H groups in total. The van der Waals surface area contributed by atoms with Gasteiger partial charge in [-0.2, -0.15) is 0 Å². The second kappa shape index (κ2) is 8.70. The van der Waals surface area contributed by atoms with Gasteiger partial charge in [0.25, 0.3) is 5.91 Å². The average Bonchev–Trinajstić information content (AvgIpc) is 2.71. The zero-order chi connectivity index (χ0) is 19.1. The largest absolute Gasteiger partial charge is 0.485 e. The number of benzene rings is 2. The maximum atomic E-state index is 12.0. The smallest absolute Gasteiger partial charge is 0.351 e. The van der Waals surface area contributed by atoms with E-state index in [0.717, 1.165) is 5.56 Å². The first kappa shape index (κ1) is 18.2. The molecule has 0 bridgehead atoms. The van der Waals surface area contributed by atoms with Crippen LogP contribution in [0.3, 0.4) is 0 Å². The van der Waals surface area contributed by atoms with Gasteiger partial charge in [0.15, 0.2) is 18.1 Å². The van der Waals surface area contributed by atoms with Crippen LogP contribution < -0.4 is 20.1 Å². The number of ether oxygens (including phenoxy) is 3. The van der Waals surface area contributed by atoms with Crippen LogP contribution in [0.15, 0.2) is 54.6 Å². The molecule has 27 heavy (non-hydrogen) atoms. The lowest BCUT2D eigenvalue weighted by Gasteiger charge is -2.24. The van der Waals surface area contributed by atoms with E-state index in [4.69, 9.17) is 14.2 Å². The highest BCUT2D eigenvalue weighted by molar-refractivity contribution is 5.95. The molecule has 3 amide bonds. The number of hydrogen-bond acceptors (Lipinski definition) is 6. The minimum Gasteiger partial charge on any atom is -0.485 e. The third kappa shape index (κ3) is 5.21. The van der Waals surface area contributed by atoms with Crippen LogP contribution in [-0.2, 0) is 20.9 Å². The first-order chi connectivity index (χ1) is 13.1. The number of esters is 1. The van der Waals surface area contributed by atoms with Gasteiger partial charge in [0.05, 0.1) is 0 Å². The maximum absolute atomic E-state index is 12.0. The van der Waals surface area contributed by atoms with Gasteiger partial charge >= 0.3 is 12.0 Å². The van der Waals surface area contributed by atoms with Crippen molar-refractivity contribution in [3.63, 3.8) is 0 Å². The fraction of sp³-hybridized carbons (Fsp3) is 0.211. The first-order valence-electron chi connectivity index (χ1n) is 8.28. The van der Waals surface area contributed by atoms with Crippen molar-refractivity contribution >= 4 is 17.9 Å². The van der Waals surface area contributed by atoms with Gasteiger partial charge in [-0.05, 0) is 17.7 Å². The van der Waals surface area contributed by atoms with Gasteiger partial charge < -0.3 is 19.5 Å². The molecule has 1 atom stereocenters. The lowest BCUT2D eigenvalue weighted by molar-refractivity contribution is -0.157. The summed E-state index contributed by atoms with van der Waals surface area (Å²) in [5.41, 5.74) is 0.890. The van der Waals surface area contributed by atoms with Gasteiger partial charge in [-0.3, -0.25) is 10.1 Å². The summed E-state index contributed by atoms with van der Waals surface area (Å²) in [6.45, 7) is -0.347.